The summed E-state index contributed by atoms with van der Waals surface area (Å²) in [6.45, 7) is 6.19. The quantitative estimate of drug-likeness (QED) is 0.784. The lowest BCUT2D eigenvalue weighted by atomic mass is 10.1. The third kappa shape index (κ3) is 5.65. The Labute approximate surface area is 117 Å². The average molecular weight is 314 g/mol. The van der Waals surface area contributed by atoms with E-state index in [0.717, 1.165) is 29.5 Å². The van der Waals surface area contributed by atoms with Crippen LogP contribution in [0.4, 0.5) is 0 Å². The topological polar surface area (TPSA) is 38.3 Å². The molecule has 0 aliphatic heterocycles. The number of benzene rings is 1. The molecule has 0 spiro atoms. The van der Waals surface area contributed by atoms with Gasteiger partial charge in [0.15, 0.2) is 0 Å². The summed E-state index contributed by atoms with van der Waals surface area (Å²) in [7, 11) is 0. The van der Waals surface area contributed by atoms with Crippen molar-refractivity contribution < 1.29 is 9.53 Å². The minimum absolute atomic E-state index is 0.0325. The highest BCUT2D eigenvalue weighted by Crippen LogP contribution is 2.15. The van der Waals surface area contributed by atoms with Crippen LogP contribution in [0.1, 0.15) is 35.7 Å². The van der Waals surface area contributed by atoms with E-state index in [1.54, 1.807) is 0 Å². The lowest BCUT2D eigenvalue weighted by Gasteiger charge is -2.07. The number of amides is 1. The van der Waals surface area contributed by atoms with Crippen LogP contribution in [0.3, 0.4) is 0 Å². The number of nitrogens with one attached hydrogen (secondary N) is 1. The third-order valence-corrected chi connectivity index (χ3v) is 2.86. The van der Waals surface area contributed by atoms with E-state index >= 15 is 0 Å². The molecule has 3 nitrogen and oxygen atoms in total. The fourth-order valence-electron chi connectivity index (χ4n) is 1.59. The smallest absolute Gasteiger partial charge is 0.251 e. The zero-order valence-electron chi connectivity index (χ0n) is 11.0. The highest BCUT2D eigenvalue weighted by molar-refractivity contribution is 9.10. The normalized spacial score (nSPS) is 10.4. The van der Waals surface area contributed by atoms with Crippen molar-refractivity contribution in [3.63, 3.8) is 0 Å². The van der Waals surface area contributed by atoms with Crippen molar-refractivity contribution in [2.75, 3.05) is 19.8 Å². The molecule has 0 fully saturated rings. The van der Waals surface area contributed by atoms with Crippen molar-refractivity contribution in [2.24, 2.45) is 0 Å². The van der Waals surface area contributed by atoms with Gasteiger partial charge in [0.05, 0.1) is 0 Å². The number of carbonyl (C=O) groups is 1. The van der Waals surface area contributed by atoms with Crippen molar-refractivity contribution in [3.8, 4) is 0 Å². The van der Waals surface area contributed by atoms with E-state index in [1.807, 2.05) is 25.1 Å². The van der Waals surface area contributed by atoms with Crippen LogP contribution in [-0.2, 0) is 4.74 Å². The summed E-state index contributed by atoms with van der Waals surface area (Å²) >= 11 is 3.39. The highest BCUT2D eigenvalue weighted by atomic mass is 79.9. The minimum atomic E-state index is -0.0325. The molecule has 18 heavy (non-hydrogen) atoms. The van der Waals surface area contributed by atoms with Gasteiger partial charge in [-0.1, -0.05) is 22.9 Å². The van der Waals surface area contributed by atoms with Crippen LogP contribution in [0.2, 0.25) is 0 Å². The van der Waals surface area contributed by atoms with Crippen molar-refractivity contribution >= 4 is 21.8 Å². The van der Waals surface area contributed by atoms with E-state index < -0.39 is 0 Å². The average Bonchev–Trinajstić information content (AvgIpc) is 2.32. The summed E-state index contributed by atoms with van der Waals surface area (Å²) in [6, 6.07) is 5.69. The number of hydrogen-bond donors (Lipinski definition) is 1. The summed E-state index contributed by atoms with van der Waals surface area (Å²) in [4.78, 5) is 11.9. The Morgan fingerprint density at radius 2 is 2.11 bits per heavy atom. The van der Waals surface area contributed by atoms with E-state index in [0.29, 0.717) is 18.7 Å². The largest absolute Gasteiger partial charge is 0.381 e. The maximum atomic E-state index is 11.9. The van der Waals surface area contributed by atoms with Crippen LogP contribution < -0.4 is 5.32 Å². The van der Waals surface area contributed by atoms with Crippen LogP contribution >= 0.6 is 15.9 Å². The first-order chi connectivity index (χ1) is 8.63. The molecule has 1 rings (SSSR count). The number of carbonyl (C=O) groups excluding carboxylic acids is 1. The molecule has 0 radical (unpaired) electrons. The molecular weight excluding hydrogens is 294 g/mol. The van der Waals surface area contributed by atoms with Gasteiger partial charge in [0, 0.05) is 29.8 Å². The van der Waals surface area contributed by atoms with Crippen LogP contribution in [0, 0.1) is 6.92 Å². The van der Waals surface area contributed by atoms with Gasteiger partial charge in [0.2, 0.25) is 0 Å². The SMILES string of the molecule is CCCOCCCNC(=O)c1cc(C)cc(Br)c1. The monoisotopic (exact) mass is 313 g/mol. The summed E-state index contributed by atoms with van der Waals surface area (Å²) in [5.41, 5.74) is 1.76. The summed E-state index contributed by atoms with van der Waals surface area (Å²) < 4.78 is 6.28. The van der Waals surface area contributed by atoms with Gasteiger partial charge >= 0.3 is 0 Å². The zero-order chi connectivity index (χ0) is 13.4. The molecule has 0 atom stereocenters. The predicted molar refractivity (Wildman–Crippen MR) is 76.9 cm³/mol. The molecule has 100 valence electrons. The van der Waals surface area contributed by atoms with E-state index in [1.165, 1.54) is 0 Å². The first-order valence-electron chi connectivity index (χ1n) is 6.26. The molecule has 0 bridgehead atoms. The van der Waals surface area contributed by atoms with E-state index in [-0.39, 0.29) is 5.91 Å². The molecule has 4 heteroatoms. The maximum absolute atomic E-state index is 11.9. The minimum Gasteiger partial charge on any atom is -0.381 e. The van der Waals surface area contributed by atoms with Gasteiger partial charge in [0.1, 0.15) is 0 Å². The summed E-state index contributed by atoms with van der Waals surface area (Å²) in [5, 5.41) is 2.89. The maximum Gasteiger partial charge on any atom is 0.251 e. The van der Waals surface area contributed by atoms with Gasteiger partial charge in [-0.05, 0) is 43.5 Å². The molecule has 0 saturated carbocycles. The molecule has 1 aromatic rings. The van der Waals surface area contributed by atoms with Crippen LogP contribution in [0.25, 0.3) is 0 Å². The Morgan fingerprint density at radius 3 is 2.78 bits per heavy atom. The van der Waals surface area contributed by atoms with Crippen LogP contribution in [-0.4, -0.2) is 25.7 Å². The number of rotatable bonds is 7. The molecule has 0 saturated heterocycles. The third-order valence-electron chi connectivity index (χ3n) is 2.40. The summed E-state index contributed by atoms with van der Waals surface area (Å²) in [5.74, 6) is -0.0325. The Balaban J connectivity index is 2.32. The lowest BCUT2D eigenvalue weighted by molar-refractivity contribution is 0.0941. The van der Waals surface area contributed by atoms with Crippen molar-refractivity contribution in [1.82, 2.24) is 5.32 Å². The zero-order valence-corrected chi connectivity index (χ0v) is 12.5. The summed E-state index contributed by atoms with van der Waals surface area (Å²) in [6.07, 6.45) is 1.88. The van der Waals surface area contributed by atoms with Gasteiger partial charge in [-0.25, -0.2) is 0 Å². The molecule has 0 aromatic heterocycles. The Morgan fingerprint density at radius 1 is 1.33 bits per heavy atom. The number of halogens is 1. The van der Waals surface area contributed by atoms with Gasteiger partial charge < -0.3 is 10.1 Å². The van der Waals surface area contributed by atoms with Crippen LogP contribution in [0.15, 0.2) is 22.7 Å². The van der Waals surface area contributed by atoms with Gasteiger partial charge in [0.25, 0.3) is 5.91 Å². The molecule has 1 aromatic carbocycles. The Bertz CT molecular complexity index is 373. The first-order valence-corrected chi connectivity index (χ1v) is 7.06. The molecule has 1 amide bonds. The van der Waals surface area contributed by atoms with Crippen molar-refractivity contribution in [2.45, 2.75) is 26.7 Å². The van der Waals surface area contributed by atoms with Crippen LogP contribution in [0.5, 0.6) is 0 Å². The fourth-order valence-corrected chi connectivity index (χ4v) is 2.20. The molecule has 0 heterocycles. The fraction of sp³-hybridized carbons (Fsp3) is 0.500. The molecule has 1 N–H and O–H groups in total. The molecule has 0 aliphatic rings. The van der Waals surface area contributed by atoms with Gasteiger partial charge in [-0.15, -0.1) is 0 Å². The lowest BCUT2D eigenvalue weighted by Crippen LogP contribution is -2.25. The number of ether oxygens (including phenoxy) is 1. The van der Waals surface area contributed by atoms with E-state index in [2.05, 4.69) is 28.2 Å². The molecule has 0 unspecified atom stereocenters. The van der Waals surface area contributed by atoms with Crippen molar-refractivity contribution in [3.05, 3.63) is 33.8 Å². The number of hydrogen-bond acceptors (Lipinski definition) is 2. The molecule has 0 aliphatic carbocycles. The number of aryl methyl sites for hydroxylation is 1. The van der Waals surface area contributed by atoms with Gasteiger partial charge in [-0.3, -0.25) is 4.79 Å². The molecular formula is C14H20BrNO2. The van der Waals surface area contributed by atoms with Crippen molar-refractivity contribution in [1.29, 1.82) is 0 Å². The highest BCUT2D eigenvalue weighted by Gasteiger charge is 2.06. The predicted octanol–water partition coefficient (Wildman–Crippen LogP) is 3.30. The Hall–Kier alpha value is -0.870. The van der Waals surface area contributed by atoms with E-state index in [9.17, 15) is 4.79 Å². The second-order valence-corrected chi connectivity index (χ2v) is 5.15. The second-order valence-electron chi connectivity index (χ2n) is 4.24. The van der Waals surface area contributed by atoms with E-state index in [4.69, 9.17) is 4.74 Å². The van der Waals surface area contributed by atoms with Gasteiger partial charge in [-0.2, -0.15) is 0 Å². The Kier molecular flexibility index (Phi) is 6.98. The standard InChI is InChI=1S/C14H20BrNO2/c1-3-6-18-7-4-5-16-14(17)12-8-11(2)9-13(15)10-12/h8-10H,3-7H2,1-2H3,(H,16,17). The first kappa shape index (κ1) is 15.2. The second kappa shape index (κ2) is 8.27.